The fourth-order valence-electron chi connectivity index (χ4n) is 4.08. The number of benzene rings is 1. The number of halogens is 2. The van der Waals surface area contributed by atoms with E-state index < -0.39 is 5.82 Å². The Bertz CT molecular complexity index is 927. The maximum atomic E-state index is 14.7. The average molecular weight is 436 g/mol. The minimum absolute atomic E-state index is 0.0359. The SMILES string of the molecule is C=CCN1C(=O)CSC1=Nc1cc(N2C(=O)C3CCCCC3C2=O)c(F)cc1Cl. The van der Waals surface area contributed by atoms with Gasteiger partial charge in [0.1, 0.15) is 5.82 Å². The molecule has 1 aromatic rings. The molecule has 1 aliphatic carbocycles. The first-order chi connectivity index (χ1) is 13.9. The summed E-state index contributed by atoms with van der Waals surface area (Å²) >= 11 is 7.41. The summed E-state index contributed by atoms with van der Waals surface area (Å²) in [7, 11) is 0. The second-order valence-electron chi connectivity index (χ2n) is 7.24. The number of thioether (sulfide) groups is 1. The van der Waals surface area contributed by atoms with Gasteiger partial charge >= 0.3 is 0 Å². The van der Waals surface area contributed by atoms with Gasteiger partial charge in [-0.1, -0.05) is 42.3 Å². The fraction of sp³-hybridized carbons (Fsp3) is 0.400. The van der Waals surface area contributed by atoms with Crippen LogP contribution >= 0.6 is 23.4 Å². The number of nitrogens with zero attached hydrogens (tertiary/aromatic N) is 3. The summed E-state index contributed by atoms with van der Waals surface area (Å²) in [5.74, 6) is -2.11. The Morgan fingerprint density at radius 3 is 2.48 bits per heavy atom. The highest BCUT2D eigenvalue weighted by atomic mass is 35.5. The Balaban J connectivity index is 1.72. The molecule has 1 aromatic carbocycles. The molecule has 9 heteroatoms. The number of anilines is 1. The van der Waals surface area contributed by atoms with Gasteiger partial charge in [-0.05, 0) is 25.0 Å². The van der Waals surface area contributed by atoms with Gasteiger partial charge in [-0.15, -0.1) is 6.58 Å². The van der Waals surface area contributed by atoms with Crippen molar-refractivity contribution in [2.45, 2.75) is 25.7 Å². The van der Waals surface area contributed by atoms with E-state index in [4.69, 9.17) is 11.6 Å². The third kappa shape index (κ3) is 3.48. The van der Waals surface area contributed by atoms with Crippen LogP contribution in [0.25, 0.3) is 0 Å². The molecule has 2 unspecified atom stereocenters. The molecule has 152 valence electrons. The van der Waals surface area contributed by atoms with Crippen molar-refractivity contribution in [2.75, 3.05) is 17.2 Å². The van der Waals surface area contributed by atoms with Gasteiger partial charge in [0, 0.05) is 6.54 Å². The van der Waals surface area contributed by atoms with Crippen molar-refractivity contribution < 1.29 is 18.8 Å². The highest BCUT2D eigenvalue weighted by molar-refractivity contribution is 8.15. The van der Waals surface area contributed by atoms with Gasteiger partial charge in [0.05, 0.1) is 34.0 Å². The zero-order chi connectivity index (χ0) is 20.7. The lowest BCUT2D eigenvalue weighted by Gasteiger charge is -2.19. The van der Waals surface area contributed by atoms with Gasteiger partial charge in [-0.25, -0.2) is 14.3 Å². The zero-order valence-corrected chi connectivity index (χ0v) is 17.1. The molecule has 2 heterocycles. The van der Waals surface area contributed by atoms with Crippen molar-refractivity contribution in [1.82, 2.24) is 4.90 Å². The summed E-state index contributed by atoms with van der Waals surface area (Å²) in [4.78, 5) is 44.5. The van der Waals surface area contributed by atoms with Gasteiger partial charge < -0.3 is 0 Å². The Morgan fingerprint density at radius 1 is 1.21 bits per heavy atom. The van der Waals surface area contributed by atoms with Crippen LogP contribution in [0.4, 0.5) is 15.8 Å². The minimum Gasteiger partial charge on any atom is -0.287 e. The lowest BCUT2D eigenvalue weighted by molar-refractivity contribution is -0.124. The molecule has 0 aromatic heterocycles. The standard InChI is InChI=1S/C20H19ClFN3O3S/c1-2-7-24-17(26)10-29-20(24)23-15-9-16(14(22)8-13(15)21)25-18(27)11-5-3-4-6-12(11)19(25)28/h2,8-9,11-12H,1,3-7,10H2. The third-order valence-corrected chi connectivity index (χ3v) is 6.75. The van der Waals surface area contributed by atoms with E-state index >= 15 is 0 Å². The first-order valence-electron chi connectivity index (χ1n) is 9.42. The number of amidine groups is 1. The Kier molecular flexibility index (Phi) is 5.48. The minimum atomic E-state index is -0.752. The van der Waals surface area contributed by atoms with Crippen molar-refractivity contribution in [3.05, 3.63) is 35.6 Å². The zero-order valence-electron chi connectivity index (χ0n) is 15.6. The van der Waals surface area contributed by atoms with E-state index in [1.807, 2.05) is 0 Å². The molecule has 0 bridgehead atoms. The lowest BCUT2D eigenvalue weighted by atomic mass is 9.81. The van der Waals surface area contributed by atoms with E-state index in [1.54, 1.807) is 6.08 Å². The van der Waals surface area contributed by atoms with Crippen LogP contribution in [0.1, 0.15) is 25.7 Å². The van der Waals surface area contributed by atoms with Crippen LogP contribution in [0, 0.1) is 17.7 Å². The van der Waals surface area contributed by atoms with Gasteiger partial charge in [-0.2, -0.15) is 0 Å². The number of hydrogen-bond acceptors (Lipinski definition) is 5. The van der Waals surface area contributed by atoms with E-state index in [-0.39, 0.29) is 51.7 Å². The highest BCUT2D eigenvalue weighted by Gasteiger charge is 2.49. The molecule has 2 atom stereocenters. The summed E-state index contributed by atoms with van der Waals surface area (Å²) in [5.41, 5.74) is 0.0625. The number of fused-ring (bicyclic) bond motifs is 1. The van der Waals surface area contributed by atoms with Crippen LogP contribution in [0.5, 0.6) is 0 Å². The molecule has 1 saturated carbocycles. The maximum absolute atomic E-state index is 14.7. The first-order valence-corrected chi connectivity index (χ1v) is 10.8. The van der Waals surface area contributed by atoms with Crippen molar-refractivity contribution in [3.63, 3.8) is 0 Å². The van der Waals surface area contributed by atoms with E-state index in [0.29, 0.717) is 24.6 Å². The molecule has 3 aliphatic rings. The number of hydrogen-bond donors (Lipinski definition) is 0. The molecule has 0 spiro atoms. The fourth-order valence-corrected chi connectivity index (χ4v) is 5.17. The maximum Gasteiger partial charge on any atom is 0.239 e. The number of amides is 3. The molecule has 3 amide bonds. The molecule has 3 fully saturated rings. The molecule has 2 saturated heterocycles. The normalized spacial score (nSPS) is 25.9. The van der Waals surface area contributed by atoms with Gasteiger partial charge in [0.15, 0.2) is 5.17 Å². The number of carbonyl (C=O) groups excluding carboxylic acids is 3. The summed E-state index contributed by atoms with van der Waals surface area (Å²) in [5, 5.41) is 0.455. The molecule has 2 aliphatic heterocycles. The molecule has 29 heavy (non-hydrogen) atoms. The van der Waals surface area contributed by atoms with Crippen molar-refractivity contribution >= 4 is 57.6 Å². The van der Waals surface area contributed by atoms with Gasteiger partial charge in [-0.3, -0.25) is 19.3 Å². The van der Waals surface area contributed by atoms with Crippen LogP contribution in [0.2, 0.25) is 5.02 Å². The number of aliphatic imine (C=N–C) groups is 1. The lowest BCUT2D eigenvalue weighted by Crippen LogP contribution is -2.31. The van der Waals surface area contributed by atoms with Gasteiger partial charge in [0.25, 0.3) is 0 Å². The number of carbonyl (C=O) groups is 3. The summed E-state index contributed by atoms with van der Waals surface area (Å²) in [6.07, 6.45) is 4.65. The molecule has 0 N–H and O–H groups in total. The predicted molar refractivity (Wildman–Crippen MR) is 111 cm³/mol. The number of rotatable bonds is 4. The highest BCUT2D eigenvalue weighted by Crippen LogP contribution is 2.42. The third-order valence-electron chi connectivity index (χ3n) is 5.48. The van der Waals surface area contributed by atoms with Crippen LogP contribution in [-0.4, -0.2) is 40.1 Å². The molecule has 6 nitrogen and oxygen atoms in total. The average Bonchev–Trinajstić information content (AvgIpc) is 3.16. The second-order valence-corrected chi connectivity index (χ2v) is 8.59. The first kappa shape index (κ1) is 20.1. The van der Waals surface area contributed by atoms with E-state index in [1.165, 1.54) is 22.7 Å². The Hall–Kier alpha value is -2.19. The van der Waals surface area contributed by atoms with Crippen molar-refractivity contribution in [1.29, 1.82) is 0 Å². The van der Waals surface area contributed by atoms with Crippen molar-refractivity contribution in [2.24, 2.45) is 16.8 Å². The largest absolute Gasteiger partial charge is 0.287 e. The summed E-state index contributed by atoms with van der Waals surface area (Å²) in [6, 6.07) is 2.37. The quantitative estimate of drug-likeness (QED) is 0.531. The van der Waals surface area contributed by atoms with Crippen LogP contribution in [-0.2, 0) is 14.4 Å². The molecular formula is C20H19ClFN3O3S. The van der Waals surface area contributed by atoms with Gasteiger partial charge in [0.2, 0.25) is 17.7 Å². The van der Waals surface area contributed by atoms with Crippen LogP contribution in [0.3, 0.4) is 0 Å². The van der Waals surface area contributed by atoms with E-state index in [9.17, 15) is 18.8 Å². The molecule has 4 rings (SSSR count). The van der Waals surface area contributed by atoms with E-state index in [0.717, 1.165) is 23.8 Å². The topological polar surface area (TPSA) is 70.1 Å². The monoisotopic (exact) mass is 435 g/mol. The molecule has 0 radical (unpaired) electrons. The van der Waals surface area contributed by atoms with Crippen LogP contribution in [0.15, 0.2) is 29.8 Å². The van der Waals surface area contributed by atoms with E-state index in [2.05, 4.69) is 11.6 Å². The number of imide groups is 1. The second kappa shape index (κ2) is 7.91. The summed E-state index contributed by atoms with van der Waals surface area (Å²) in [6.45, 7) is 3.93. The summed E-state index contributed by atoms with van der Waals surface area (Å²) < 4.78 is 14.7. The Morgan fingerprint density at radius 2 is 1.86 bits per heavy atom. The van der Waals surface area contributed by atoms with Crippen molar-refractivity contribution in [3.8, 4) is 0 Å². The Labute approximate surface area is 176 Å². The predicted octanol–water partition coefficient (Wildman–Crippen LogP) is 3.91. The van der Waals surface area contributed by atoms with Crippen LogP contribution < -0.4 is 4.90 Å². The smallest absolute Gasteiger partial charge is 0.239 e. The molecular weight excluding hydrogens is 417 g/mol.